The lowest BCUT2D eigenvalue weighted by molar-refractivity contribution is 0.668. The molecule has 12 aromatic rings. The molecule has 0 spiro atoms. The van der Waals surface area contributed by atoms with Gasteiger partial charge >= 0.3 is 0 Å². The van der Waals surface area contributed by atoms with Crippen LogP contribution < -0.4 is 0 Å². The van der Waals surface area contributed by atoms with Crippen LogP contribution in [-0.4, -0.2) is 24.5 Å². The van der Waals surface area contributed by atoms with Crippen LogP contribution in [0.1, 0.15) is 5.56 Å². The number of fused-ring (bicyclic) bond motifs is 8. The van der Waals surface area contributed by atoms with Crippen molar-refractivity contribution in [3.63, 3.8) is 0 Å². The van der Waals surface area contributed by atoms with Crippen LogP contribution in [-0.2, 0) is 0 Å². The number of rotatable bonds is 5. The second kappa shape index (κ2) is 13.3. The average Bonchev–Trinajstić information content (AvgIpc) is 3.85. The first kappa shape index (κ1) is 33.6. The molecule has 0 aliphatic rings. The van der Waals surface area contributed by atoms with E-state index < -0.39 is 0 Å². The molecule has 8 aromatic carbocycles. The third-order valence-electron chi connectivity index (χ3n) is 11.5. The number of nitriles is 1. The van der Waals surface area contributed by atoms with Crippen LogP contribution in [0, 0.1) is 11.3 Å². The number of hydrogen-bond donors (Lipinski definition) is 0. The third kappa shape index (κ3) is 5.51. The van der Waals surface area contributed by atoms with Crippen molar-refractivity contribution in [3.05, 3.63) is 188 Å². The zero-order valence-corrected chi connectivity index (χ0v) is 31.9. The summed E-state index contributed by atoms with van der Waals surface area (Å²) in [6.45, 7) is 0. The van der Waals surface area contributed by atoms with Crippen molar-refractivity contribution in [2.24, 2.45) is 0 Å². The Bertz CT molecular complexity index is 3650. The second-order valence-corrected chi connectivity index (χ2v) is 15.0. The minimum absolute atomic E-state index is 0.597. The van der Waals surface area contributed by atoms with Crippen LogP contribution in [0.5, 0.6) is 0 Å². The normalized spacial score (nSPS) is 11.7. The van der Waals surface area contributed by atoms with Gasteiger partial charge in [0.15, 0.2) is 23.1 Å². The molecule has 0 atom stereocenters. The largest absolute Gasteiger partial charge is 0.454 e. The number of benzene rings is 8. The molecule has 278 valence electrons. The highest BCUT2D eigenvalue weighted by Crippen LogP contribution is 2.37. The maximum Gasteiger partial charge on any atom is 0.164 e. The molecule has 7 nitrogen and oxygen atoms in total. The summed E-state index contributed by atoms with van der Waals surface area (Å²) in [6.07, 6.45) is 0. The zero-order chi connectivity index (χ0) is 39.7. The summed E-state index contributed by atoms with van der Waals surface area (Å²) >= 11 is 0. The first-order valence-electron chi connectivity index (χ1n) is 19.8. The molecule has 0 aliphatic heterocycles. The number of furan rings is 1. The van der Waals surface area contributed by atoms with Gasteiger partial charge < -0.3 is 4.42 Å². The Morgan fingerprint density at radius 1 is 0.400 bits per heavy atom. The molecule has 0 radical (unpaired) electrons. The van der Waals surface area contributed by atoms with Crippen molar-refractivity contribution in [1.29, 1.82) is 5.26 Å². The summed E-state index contributed by atoms with van der Waals surface area (Å²) in [5, 5.41) is 17.5. The molecule has 12 rings (SSSR count). The molecule has 0 unspecified atom stereocenters. The number of aromatic nitrogens is 5. The molecular weight excluding hydrogens is 737 g/mol. The highest BCUT2D eigenvalue weighted by atomic mass is 16.3. The van der Waals surface area contributed by atoms with Gasteiger partial charge in [-0.1, -0.05) is 115 Å². The number of hydrogen-bond acceptors (Lipinski definition) is 6. The van der Waals surface area contributed by atoms with Crippen LogP contribution in [0.4, 0.5) is 0 Å². The molecule has 4 heterocycles. The van der Waals surface area contributed by atoms with Gasteiger partial charge in [0.2, 0.25) is 0 Å². The molecule has 0 saturated carbocycles. The number of pyridine rings is 1. The van der Waals surface area contributed by atoms with Gasteiger partial charge in [0.1, 0.15) is 16.9 Å². The van der Waals surface area contributed by atoms with Crippen molar-refractivity contribution < 1.29 is 4.42 Å². The molecule has 0 N–H and O–H groups in total. The topological polar surface area (TPSA) is 93.4 Å². The van der Waals surface area contributed by atoms with E-state index in [1.54, 1.807) is 0 Å². The Labute approximate surface area is 343 Å². The summed E-state index contributed by atoms with van der Waals surface area (Å²) in [5.74, 6) is 2.61. The lowest BCUT2D eigenvalue weighted by Gasteiger charge is -2.10. The summed E-state index contributed by atoms with van der Waals surface area (Å²) in [5.41, 5.74) is 9.75. The van der Waals surface area contributed by atoms with Crippen molar-refractivity contribution in [2.75, 3.05) is 0 Å². The summed E-state index contributed by atoms with van der Waals surface area (Å²) in [6, 6.07) is 64.3. The van der Waals surface area contributed by atoms with Gasteiger partial charge in [-0.05, 0) is 99.4 Å². The predicted molar refractivity (Wildman–Crippen MR) is 241 cm³/mol. The monoisotopic (exact) mass is 766 g/mol. The van der Waals surface area contributed by atoms with Crippen LogP contribution in [0.2, 0.25) is 0 Å². The van der Waals surface area contributed by atoms with E-state index in [2.05, 4.69) is 114 Å². The van der Waals surface area contributed by atoms with E-state index in [-0.39, 0.29) is 0 Å². The standard InChI is InChI=1S/C53H30N6O/c54-31-32-13-23-45-43(27-32)44-30-39(22-24-46(44)59(45)49-26-25-48-50(55-49)42-11-5-6-12-47(42)60-48)35-14-18-36(19-15-35)51-56-52(40-20-16-33-7-1-3-9-37(33)28-40)58-53(57-51)41-21-17-34-8-2-4-10-38(34)29-41/h1-30H. The maximum atomic E-state index is 9.90. The smallest absolute Gasteiger partial charge is 0.164 e. The highest BCUT2D eigenvalue weighted by molar-refractivity contribution is 6.11. The van der Waals surface area contributed by atoms with Crippen LogP contribution in [0.15, 0.2) is 186 Å². The van der Waals surface area contributed by atoms with Crippen molar-refractivity contribution in [1.82, 2.24) is 24.5 Å². The van der Waals surface area contributed by atoms with Gasteiger partial charge in [-0.2, -0.15) is 5.26 Å². The Balaban J connectivity index is 0.965. The third-order valence-corrected chi connectivity index (χ3v) is 11.5. The zero-order valence-electron chi connectivity index (χ0n) is 31.9. The molecule has 0 aliphatic carbocycles. The van der Waals surface area contributed by atoms with Gasteiger partial charge in [0.05, 0.1) is 22.7 Å². The summed E-state index contributed by atoms with van der Waals surface area (Å²) in [7, 11) is 0. The Morgan fingerprint density at radius 3 is 1.63 bits per heavy atom. The van der Waals surface area contributed by atoms with Crippen molar-refractivity contribution in [3.8, 4) is 57.2 Å². The minimum Gasteiger partial charge on any atom is -0.454 e. The van der Waals surface area contributed by atoms with Crippen molar-refractivity contribution >= 4 is 65.4 Å². The SMILES string of the molecule is N#Cc1ccc2c(c1)c1cc(-c3ccc(-c4nc(-c5ccc6ccccc6c5)nc(-c5ccc6ccccc6c5)n4)cc3)ccc1n2-c1ccc2oc3ccccc3c2n1. The highest BCUT2D eigenvalue weighted by Gasteiger charge is 2.18. The fourth-order valence-electron chi connectivity index (χ4n) is 8.46. The lowest BCUT2D eigenvalue weighted by Crippen LogP contribution is -2.00. The quantitative estimate of drug-likeness (QED) is 0.173. The van der Waals surface area contributed by atoms with E-state index in [0.29, 0.717) is 23.0 Å². The Morgan fingerprint density at radius 2 is 0.950 bits per heavy atom. The van der Waals surface area contributed by atoms with E-state index >= 15 is 0 Å². The average molecular weight is 767 g/mol. The minimum atomic E-state index is 0.597. The molecule has 0 fully saturated rings. The van der Waals surface area contributed by atoms with Gasteiger partial charge in [0.25, 0.3) is 0 Å². The van der Waals surface area contributed by atoms with E-state index in [4.69, 9.17) is 24.4 Å². The van der Waals surface area contributed by atoms with Gasteiger partial charge in [0, 0.05) is 32.8 Å². The first-order chi connectivity index (χ1) is 29.6. The van der Waals surface area contributed by atoms with E-state index in [1.807, 2.05) is 78.9 Å². The van der Waals surface area contributed by atoms with Crippen molar-refractivity contribution in [2.45, 2.75) is 0 Å². The fourth-order valence-corrected chi connectivity index (χ4v) is 8.46. The fraction of sp³-hybridized carbons (Fsp3) is 0. The maximum absolute atomic E-state index is 9.90. The van der Waals surface area contributed by atoms with Crippen LogP contribution >= 0.6 is 0 Å². The number of nitrogens with zero attached hydrogens (tertiary/aromatic N) is 6. The van der Waals surface area contributed by atoms with E-state index in [9.17, 15) is 5.26 Å². The van der Waals surface area contributed by atoms with Gasteiger partial charge in [-0.15, -0.1) is 0 Å². The molecule has 0 saturated heterocycles. The predicted octanol–water partition coefficient (Wildman–Crippen LogP) is 13.1. The van der Waals surface area contributed by atoms with E-state index in [1.165, 1.54) is 0 Å². The van der Waals surface area contributed by atoms with E-state index in [0.717, 1.165) is 99.1 Å². The summed E-state index contributed by atoms with van der Waals surface area (Å²) < 4.78 is 8.26. The second-order valence-electron chi connectivity index (χ2n) is 15.0. The molecular formula is C53H30N6O. The van der Waals surface area contributed by atoms with Crippen LogP contribution in [0.3, 0.4) is 0 Å². The first-order valence-corrected chi connectivity index (χ1v) is 19.8. The molecule has 60 heavy (non-hydrogen) atoms. The van der Waals surface area contributed by atoms with Gasteiger partial charge in [-0.3, -0.25) is 4.57 Å². The lowest BCUT2D eigenvalue weighted by atomic mass is 10.0. The Kier molecular flexibility index (Phi) is 7.46. The van der Waals surface area contributed by atoms with Crippen LogP contribution in [0.25, 0.3) is 117 Å². The molecule has 7 heteroatoms. The Hall–Kier alpha value is -8.47. The van der Waals surface area contributed by atoms with Gasteiger partial charge in [-0.25, -0.2) is 19.9 Å². The molecule has 0 amide bonds. The molecule has 0 bridgehead atoms. The number of para-hydroxylation sites is 1. The summed E-state index contributed by atoms with van der Waals surface area (Å²) in [4.78, 5) is 20.3. The molecule has 4 aromatic heterocycles.